The SMILES string of the molecule is CC1CN(C(=O)NCC#Cc2cccc(C(F)(F)F)c2)CCCO1. The highest BCUT2D eigenvalue weighted by molar-refractivity contribution is 5.74. The Hall–Kier alpha value is -2.20. The molecule has 1 aliphatic rings. The summed E-state index contributed by atoms with van der Waals surface area (Å²) >= 11 is 0. The molecule has 0 spiro atoms. The van der Waals surface area contributed by atoms with Crippen LogP contribution in [-0.4, -0.2) is 43.3 Å². The zero-order chi connectivity index (χ0) is 17.6. The van der Waals surface area contributed by atoms with Gasteiger partial charge in [-0.3, -0.25) is 0 Å². The lowest BCUT2D eigenvalue weighted by Crippen LogP contribution is -2.43. The summed E-state index contributed by atoms with van der Waals surface area (Å²) in [6, 6.07) is 4.55. The monoisotopic (exact) mass is 340 g/mol. The van der Waals surface area contributed by atoms with Crippen LogP contribution in [0.5, 0.6) is 0 Å². The third-order valence-corrected chi connectivity index (χ3v) is 3.49. The van der Waals surface area contributed by atoms with E-state index >= 15 is 0 Å². The number of benzene rings is 1. The van der Waals surface area contributed by atoms with Gasteiger partial charge in [-0.15, -0.1) is 0 Å². The van der Waals surface area contributed by atoms with Gasteiger partial charge in [-0.05, 0) is 31.5 Å². The number of rotatable bonds is 1. The number of alkyl halides is 3. The second kappa shape index (κ2) is 8.06. The number of nitrogens with one attached hydrogen (secondary N) is 1. The van der Waals surface area contributed by atoms with Gasteiger partial charge < -0.3 is 15.0 Å². The molecule has 1 N–H and O–H groups in total. The molecule has 1 unspecified atom stereocenters. The molecule has 0 aliphatic carbocycles. The van der Waals surface area contributed by atoms with Crippen LogP contribution in [0.4, 0.5) is 18.0 Å². The van der Waals surface area contributed by atoms with Crippen molar-refractivity contribution in [1.82, 2.24) is 10.2 Å². The molecule has 2 amide bonds. The van der Waals surface area contributed by atoms with Crippen molar-refractivity contribution in [2.75, 3.05) is 26.2 Å². The molecule has 130 valence electrons. The first-order valence-corrected chi connectivity index (χ1v) is 7.67. The maximum Gasteiger partial charge on any atom is 0.416 e. The largest absolute Gasteiger partial charge is 0.416 e. The second-order valence-electron chi connectivity index (χ2n) is 5.52. The first-order chi connectivity index (χ1) is 11.4. The van der Waals surface area contributed by atoms with Gasteiger partial charge in [0.15, 0.2) is 0 Å². The first kappa shape index (κ1) is 18.1. The van der Waals surface area contributed by atoms with Crippen LogP contribution in [0.25, 0.3) is 0 Å². The van der Waals surface area contributed by atoms with Crippen LogP contribution in [0, 0.1) is 11.8 Å². The first-order valence-electron chi connectivity index (χ1n) is 7.67. The van der Waals surface area contributed by atoms with E-state index in [1.807, 2.05) is 6.92 Å². The van der Waals surface area contributed by atoms with E-state index in [9.17, 15) is 18.0 Å². The van der Waals surface area contributed by atoms with Crippen LogP contribution in [-0.2, 0) is 10.9 Å². The Morgan fingerprint density at radius 3 is 3.00 bits per heavy atom. The van der Waals surface area contributed by atoms with Gasteiger partial charge in [0.05, 0.1) is 18.2 Å². The van der Waals surface area contributed by atoms with Crippen molar-refractivity contribution < 1.29 is 22.7 Å². The zero-order valence-electron chi connectivity index (χ0n) is 13.3. The Bertz CT molecular complexity index is 635. The lowest BCUT2D eigenvalue weighted by atomic mass is 10.1. The van der Waals surface area contributed by atoms with Gasteiger partial charge in [0, 0.05) is 25.3 Å². The normalized spacial score (nSPS) is 18.3. The molecule has 1 atom stereocenters. The number of nitrogens with zero attached hydrogens (tertiary/aromatic N) is 1. The van der Waals surface area contributed by atoms with Gasteiger partial charge in [0.2, 0.25) is 0 Å². The van der Waals surface area contributed by atoms with E-state index in [0.29, 0.717) is 19.7 Å². The van der Waals surface area contributed by atoms with Crippen molar-refractivity contribution in [3.05, 3.63) is 35.4 Å². The van der Waals surface area contributed by atoms with Gasteiger partial charge >= 0.3 is 12.2 Å². The van der Waals surface area contributed by atoms with Crippen LogP contribution in [0.15, 0.2) is 24.3 Å². The Labute approximate surface area is 139 Å². The van der Waals surface area contributed by atoms with Gasteiger partial charge in [0.1, 0.15) is 0 Å². The summed E-state index contributed by atoms with van der Waals surface area (Å²) in [6.45, 7) is 3.71. The standard InChI is InChI=1S/C17H19F3N2O2/c1-13-12-22(9-4-10-24-13)16(23)21-8-3-6-14-5-2-7-15(11-14)17(18,19)20/h2,5,7,11,13H,4,8-10,12H2,1H3,(H,21,23). The lowest BCUT2D eigenvalue weighted by molar-refractivity contribution is -0.137. The zero-order valence-corrected chi connectivity index (χ0v) is 13.3. The van der Waals surface area contributed by atoms with Crippen molar-refractivity contribution in [2.24, 2.45) is 0 Å². The highest BCUT2D eigenvalue weighted by Crippen LogP contribution is 2.29. The minimum atomic E-state index is -4.39. The van der Waals surface area contributed by atoms with Gasteiger partial charge in [-0.2, -0.15) is 13.2 Å². The molecule has 24 heavy (non-hydrogen) atoms. The summed E-state index contributed by atoms with van der Waals surface area (Å²) < 4.78 is 43.3. The van der Waals surface area contributed by atoms with Gasteiger partial charge in [-0.1, -0.05) is 17.9 Å². The molecule has 1 heterocycles. The highest BCUT2D eigenvalue weighted by atomic mass is 19.4. The summed E-state index contributed by atoms with van der Waals surface area (Å²) in [4.78, 5) is 13.7. The molecule has 0 radical (unpaired) electrons. The predicted molar refractivity (Wildman–Crippen MR) is 83.3 cm³/mol. The minimum Gasteiger partial charge on any atom is -0.377 e. The van der Waals surface area contributed by atoms with E-state index in [-0.39, 0.29) is 24.2 Å². The summed E-state index contributed by atoms with van der Waals surface area (Å²) in [6.07, 6.45) is -3.64. The fourth-order valence-corrected chi connectivity index (χ4v) is 2.33. The summed E-state index contributed by atoms with van der Waals surface area (Å²) in [5.74, 6) is 5.30. The summed E-state index contributed by atoms with van der Waals surface area (Å²) in [7, 11) is 0. The van der Waals surface area contributed by atoms with E-state index in [4.69, 9.17) is 4.74 Å². The minimum absolute atomic E-state index is 0.0190. The van der Waals surface area contributed by atoms with Crippen LogP contribution in [0.2, 0.25) is 0 Å². The molecular weight excluding hydrogens is 321 g/mol. The van der Waals surface area contributed by atoms with Crippen LogP contribution in [0.1, 0.15) is 24.5 Å². The smallest absolute Gasteiger partial charge is 0.377 e. The Morgan fingerprint density at radius 2 is 2.25 bits per heavy atom. The molecule has 0 bridgehead atoms. The van der Waals surface area contributed by atoms with Crippen molar-refractivity contribution in [3.63, 3.8) is 0 Å². The molecule has 1 aromatic carbocycles. The number of carbonyl (C=O) groups excluding carboxylic acids is 1. The Kier molecular flexibility index (Phi) is 6.10. The fourth-order valence-electron chi connectivity index (χ4n) is 2.33. The average Bonchev–Trinajstić information content (AvgIpc) is 2.75. The van der Waals surface area contributed by atoms with E-state index in [1.165, 1.54) is 12.1 Å². The number of urea groups is 1. The van der Waals surface area contributed by atoms with Crippen molar-refractivity contribution >= 4 is 6.03 Å². The summed E-state index contributed by atoms with van der Waals surface area (Å²) in [5.41, 5.74) is -0.479. The molecule has 4 nitrogen and oxygen atoms in total. The maximum absolute atomic E-state index is 12.6. The Morgan fingerprint density at radius 1 is 1.46 bits per heavy atom. The molecule has 2 rings (SSSR count). The topological polar surface area (TPSA) is 41.6 Å². The predicted octanol–water partition coefficient (Wildman–Crippen LogP) is 2.88. The summed E-state index contributed by atoms with van der Waals surface area (Å²) in [5, 5.41) is 2.65. The number of amides is 2. The molecule has 7 heteroatoms. The molecule has 1 aromatic rings. The van der Waals surface area contributed by atoms with Crippen LogP contribution in [0.3, 0.4) is 0 Å². The van der Waals surface area contributed by atoms with Crippen LogP contribution < -0.4 is 5.32 Å². The Balaban J connectivity index is 1.88. The highest BCUT2D eigenvalue weighted by Gasteiger charge is 2.30. The number of carbonyl (C=O) groups is 1. The number of hydrogen-bond donors (Lipinski definition) is 1. The lowest BCUT2D eigenvalue weighted by Gasteiger charge is -2.21. The maximum atomic E-state index is 12.6. The van der Waals surface area contributed by atoms with Crippen molar-refractivity contribution in [1.29, 1.82) is 0 Å². The van der Waals surface area contributed by atoms with E-state index in [1.54, 1.807) is 4.90 Å². The average molecular weight is 340 g/mol. The molecule has 0 saturated carbocycles. The molecule has 1 saturated heterocycles. The number of halogens is 3. The quantitative estimate of drug-likeness (QED) is 0.799. The third kappa shape index (κ3) is 5.46. The number of hydrogen-bond acceptors (Lipinski definition) is 2. The fraction of sp³-hybridized carbons (Fsp3) is 0.471. The van der Waals surface area contributed by atoms with Crippen molar-refractivity contribution in [3.8, 4) is 11.8 Å². The third-order valence-electron chi connectivity index (χ3n) is 3.49. The second-order valence-corrected chi connectivity index (χ2v) is 5.52. The number of ether oxygens (including phenoxy) is 1. The van der Waals surface area contributed by atoms with Crippen LogP contribution >= 0.6 is 0 Å². The molecular formula is C17H19F3N2O2. The molecule has 1 fully saturated rings. The van der Waals surface area contributed by atoms with E-state index < -0.39 is 11.7 Å². The van der Waals surface area contributed by atoms with Gasteiger partial charge in [0.25, 0.3) is 0 Å². The van der Waals surface area contributed by atoms with E-state index in [2.05, 4.69) is 17.2 Å². The molecule has 0 aromatic heterocycles. The van der Waals surface area contributed by atoms with E-state index in [0.717, 1.165) is 18.6 Å². The van der Waals surface area contributed by atoms with Crippen molar-refractivity contribution in [2.45, 2.75) is 25.6 Å². The molecule has 1 aliphatic heterocycles. The van der Waals surface area contributed by atoms with Gasteiger partial charge in [-0.25, -0.2) is 4.79 Å².